The van der Waals surface area contributed by atoms with Gasteiger partial charge in [-0.3, -0.25) is 9.78 Å². The highest BCUT2D eigenvalue weighted by atomic mass is 19.1. The molecular formula is C22H20FN7O. The smallest absolute Gasteiger partial charge is 0.274 e. The van der Waals surface area contributed by atoms with Crippen molar-refractivity contribution in [1.29, 1.82) is 0 Å². The number of aryl methyl sites for hydroxylation is 2. The number of rotatable bonds is 3. The van der Waals surface area contributed by atoms with Crippen molar-refractivity contribution < 1.29 is 4.39 Å². The molecule has 5 rings (SSSR count). The molecule has 0 saturated heterocycles. The van der Waals surface area contributed by atoms with Gasteiger partial charge >= 0.3 is 0 Å². The molecule has 1 aliphatic heterocycles. The SMILES string of the molecule is Cc1cc(=O)n2nc(N3CCc4ncc(Nc5cccnc5F)cc4C3)c(C)cc2n1. The van der Waals surface area contributed by atoms with Crippen LogP contribution in [-0.2, 0) is 13.0 Å². The Morgan fingerprint density at radius 1 is 1.16 bits per heavy atom. The van der Waals surface area contributed by atoms with Crippen molar-refractivity contribution in [3.05, 3.63) is 81.5 Å². The predicted molar refractivity (Wildman–Crippen MR) is 115 cm³/mol. The molecule has 0 bridgehead atoms. The standard InChI is InChI=1S/C22H20FN7O/c1-13-8-19-26-14(2)9-20(31)30(19)28-22(13)29-7-5-17-15(12-29)10-16(11-25-17)27-18-4-3-6-24-21(18)23/h3-4,6,8-11,27H,5,7,12H2,1-2H3. The summed E-state index contributed by atoms with van der Waals surface area (Å²) in [6.07, 6.45) is 3.86. The maximum atomic E-state index is 13.9. The van der Waals surface area contributed by atoms with Crippen molar-refractivity contribution in [2.24, 2.45) is 0 Å². The second-order valence-corrected chi connectivity index (χ2v) is 7.62. The number of fused-ring (bicyclic) bond motifs is 2. The quantitative estimate of drug-likeness (QED) is 0.513. The molecular weight excluding hydrogens is 397 g/mol. The van der Waals surface area contributed by atoms with E-state index >= 15 is 0 Å². The molecule has 0 aromatic carbocycles. The largest absolute Gasteiger partial charge is 0.351 e. The number of anilines is 3. The van der Waals surface area contributed by atoms with Gasteiger partial charge in [-0.05, 0) is 49.2 Å². The summed E-state index contributed by atoms with van der Waals surface area (Å²) in [5.41, 5.74) is 4.96. The first-order valence-corrected chi connectivity index (χ1v) is 9.96. The van der Waals surface area contributed by atoms with Crippen LogP contribution in [0.4, 0.5) is 21.6 Å². The van der Waals surface area contributed by atoms with Crippen LogP contribution in [-0.4, -0.2) is 31.1 Å². The van der Waals surface area contributed by atoms with Gasteiger partial charge in [-0.1, -0.05) is 0 Å². The Balaban J connectivity index is 1.47. The lowest BCUT2D eigenvalue weighted by Crippen LogP contribution is -2.33. The summed E-state index contributed by atoms with van der Waals surface area (Å²) in [5.74, 6) is 0.176. The Kier molecular flexibility index (Phi) is 4.58. The van der Waals surface area contributed by atoms with E-state index in [1.54, 1.807) is 25.3 Å². The molecule has 0 fully saturated rings. The van der Waals surface area contributed by atoms with Crippen LogP contribution in [0, 0.1) is 19.8 Å². The van der Waals surface area contributed by atoms with Crippen molar-refractivity contribution in [3.63, 3.8) is 0 Å². The molecule has 31 heavy (non-hydrogen) atoms. The minimum atomic E-state index is -0.563. The van der Waals surface area contributed by atoms with Crippen molar-refractivity contribution in [3.8, 4) is 0 Å². The fourth-order valence-corrected chi connectivity index (χ4v) is 3.86. The summed E-state index contributed by atoms with van der Waals surface area (Å²) >= 11 is 0. The monoisotopic (exact) mass is 417 g/mol. The van der Waals surface area contributed by atoms with E-state index in [9.17, 15) is 9.18 Å². The van der Waals surface area contributed by atoms with E-state index in [0.717, 1.165) is 35.6 Å². The number of nitrogens with one attached hydrogen (secondary N) is 1. The van der Waals surface area contributed by atoms with Crippen molar-refractivity contribution in [2.45, 2.75) is 26.8 Å². The molecule has 0 radical (unpaired) electrons. The van der Waals surface area contributed by atoms with Crippen LogP contribution in [0.15, 0.2) is 47.5 Å². The van der Waals surface area contributed by atoms with Crippen LogP contribution in [0.3, 0.4) is 0 Å². The molecule has 0 amide bonds. The molecule has 0 atom stereocenters. The molecule has 1 aliphatic rings. The first-order chi connectivity index (χ1) is 15.0. The van der Waals surface area contributed by atoms with E-state index < -0.39 is 5.95 Å². The average Bonchev–Trinajstić information content (AvgIpc) is 2.74. The molecule has 8 nitrogen and oxygen atoms in total. The fraction of sp³-hybridized carbons (Fsp3) is 0.227. The van der Waals surface area contributed by atoms with Gasteiger partial charge in [0.25, 0.3) is 5.56 Å². The van der Waals surface area contributed by atoms with E-state index in [1.165, 1.54) is 16.8 Å². The molecule has 0 saturated carbocycles. The van der Waals surface area contributed by atoms with E-state index in [1.807, 2.05) is 19.1 Å². The third-order valence-electron chi connectivity index (χ3n) is 5.32. The molecule has 4 aromatic rings. The van der Waals surface area contributed by atoms with Crippen LogP contribution >= 0.6 is 0 Å². The molecule has 5 heterocycles. The zero-order valence-electron chi connectivity index (χ0n) is 17.1. The predicted octanol–water partition coefficient (Wildman–Crippen LogP) is 2.94. The highest BCUT2D eigenvalue weighted by Gasteiger charge is 2.21. The Bertz CT molecular complexity index is 1370. The first-order valence-electron chi connectivity index (χ1n) is 9.96. The van der Waals surface area contributed by atoms with Crippen molar-refractivity contribution >= 4 is 22.8 Å². The first kappa shape index (κ1) is 19.1. The Morgan fingerprint density at radius 2 is 2.03 bits per heavy atom. The van der Waals surface area contributed by atoms with Gasteiger partial charge in [-0.25, -0.2) is 9.97 Å². The minimum Gasteiger partial charge on any atom is -0.351 e. The number of hydrogen-bond donors (Lipinski definition) is 1. The Morgan fingerprint density at radius 3 is 2.87 bits per heavy atom. The summed E-state index contributed by atoms with van der Waals surface area (Å²) in [6.45, 7) is 5.08. The number of pyridine rings is 2. The highest BCUT2D eigenvalue weighted by Crippen LogP contribution is 2.27. The lowest BCUT2D eigenvalue weighted by molar-refractivity contribution is 0.588. The average molecular weight is 417 g/mol. The van der Waals surface area contributed by atoms with Gasteiger partial charge < -0.3 is 10.2 Å². The summed E-state index contributed by atoms with van der Waals surface area (Å²) in [5, 5.41) is 7.62. The van der Waals surface area contributed by atoms with Gasteiger partial charge in [0, 0.05) is 43.2 Å². The fourth-order valence-electron chi connectivity index (χ4n) is 3.86. The summed E-state index contributed by atoms with van der Waals surface area (Å²) in [6, 6.07) is 8.63. The van der Waals surface area contributed by atoms with Crippen LogP contribution in [0.2, 0.25) is 0 Å². The van der Waals surface area contributed by atoms with E-state index in [4.69, 9.17) is 0 Å². The van der Waals surface area contributed by atoms with Gasteiger partial charge in [0.15, 0.2) is 11.5 Å². The van der Waals surface area contributed by atoms with Crippen LogP contribution in [0.5, 0.6) is 0 Å². The maximum absolute atomic E-state index is 13.9. The van der Waals surface area contributed by atoms with Gasteiger partial charge in [0.1, 0.15) is 0 Å². The molecule has 0 aliphatic carbocycles. The Hall–Kier alpha value is -3.88. The summed E-state index contributed by atoms with van der Waals surface area (Å²) in [4.78, 5) is 27.1. The molecule has 156 valence electrons. The molecule has 0 spiro atoms. The number of aromatic nitrogens is 5. The lowest BCUT2D eigenvalue weighted by atomic mass is 10.0. The van der Waals surface area contributed by atoms with Crippen LogP contribution in [0.25, 0.3) is 5.65 Å². The van der Waals surface area contributed by atoms with E-state index in [2.05, 4.69) is 30.3 Å². The third kappa shape index (κ3) is 3.58. The van der Waals surface area contributed by atoms with Crippen molar-refractivity contribution in [1.82, 2.24) is 24.6 Å². The van der Waals surface area contributed by atoms with Crippen LogP contribution < -0.4 is 15.8 Å². The topological polar surface area (TPSA) is 88.3 Å². The van der Waals surface area contributed by atoms with E-state index in [-0.39, 0.29) is 5.56 Å². The maximum Gasteiger partial charge on any atom is 0.274 e. The van der Waals surface area contributed by atoms with Gasteiger partial charge in [-0.15, -0.1) is 5.10 Å². The minimum absolute atomic E-state index is 0.201. The Labute approximate surface area is 177 Å². The number of nitrogens with zero attached hydrogens (tertiary/aromatic N) is 6. The van der Waals surface area contributed by atoms with Gasteiger partial charge in [0.2, 0.25) is 5.95 Å². The molecule has 4 aromatic heterocycles. The second kappa shape index (κ2) is 7.42. The number of hydrogen-bond acceptors (Lipinski definition) is 7. The lowest BCUT2D eigenvalue weighted by Gasteiger charge is -2.30. The van der Waals surface area contributed by atoms with Crippen LogP contribution in [0.1, 0.15) is 22.5 Å². The highest BCUT2D eigenvalue weighted by molar-refractivity contribution is 5.60. The second-order valence-electron chi connectivity index (χ2n) is 7.62. The zero-order chi connectivity index (χ0) is 21.5. The van der Waals surface area contributed by atoms with Gasteiger partial charge in [-0.2, -0.15) is 8.91 Å². The zero-order valence-corrected chi connectivity index (χ0v) is 17.1. The normalized spacial score (nSPS) is 13.3. The summed E-state index contributed by atoms with van der Waals surface area (Å²) in [7, 11) is 0. The van der Waals surface area contributed by atoms with Crippen molar-refractivity contribution in [2.75, 3.05) is 16.8 Å². The molecule has 1 N–H and O–H groups in total. The molecule has 9 heteroatoms. The van der Waals surface area contributed by atoms with Gasteiger partial charge in [0.05, 0.1) is 17.6 Å². The van der Waals surface area contributed by atoms with E-state index in [0.29, 0.717) is 29.3 Å². The third-order valence-corrected chi connectivity index (χ3v) is 5.32. The molecule has 0 unspecified atom stereocenters. The number of halogens is 1. The summed E-state index contributed by atoms with van der Waals surface area (Å²) < 4.78 is 15.2.